The molecule has 0 fully saturated rings. The molecule has 0 atom stereocenters. The number of rotatable bonds is 7. The van der Waals surface area contributed by atoms with E-state index in [0.717, 1.165) is 38.9 Å². The van der Waals surface area contributed by atoms with Crippen LogP contribution in [0.1, 0.15) is 0 Å². The van der Waals surface area contributed by atoms with Crippen LogP contribution >= 0.6 is 11.3 Å². The molecule has 2 heterocycles. The average Bonchev–Trinajstić information content (AvgIpc) is 3.66. The minimum Gasteiger partial charge on any atom is -0.208 e. The van der Waals surface area contributed by atoms with E-state index in [4.69, 9.17) is 15.0 Å². The van der Waals surface area contributed by atoms with E-state index >= 15 is 0 Å². The zero-order valence-corrected chi connectivity index (χ0v) is 30.6. The van der Waals surface area contributed by atoms with Gasteiger partial charge >= 0.3 is 0 Å². The van der Waals surface area contributed by atoms with Crippen LogP contribution in [0.3, 0.4) is 0 Å². The van der Waals surface area contributed by atoms with Crippen LogP contribution in [0.25, 0.3) is 98.8 Å². The first-order valence-corrected chi connectivity index (χ1v) is 19.3. The van der Waals surface area contributed by atoms with E-state index in [1.54, 1.807) is 0 Å². The molecule has 55 heavy (non-hydrogen) atoms. The number of benzene rings is 8. The van der Waals surface area contributed by atoms with Gasteiger partial charge in [0.1, 0.15) is 0 Å². The van der Waals surface area contributed by atoms with Gasteiger partial charge < -0.3 is 0 Å². The summed E-state index contributed by atoms with van der Waals surface area (Å²) in [6.07, 6.45) is 0. The molecule has 0 amide bonds. The topological polar surface area (TPSA) is 38.7 Å². The highest BCUT2D eigenvalue weighted by molar-refractivity contribution is 7.26. The molecule has 0 radical (unpaired) electrons. The Morgan fingerprint density at radius 3 is 1.25 bits per heavy atom. The van der Waals surface area contributed by atoms with E-state index < -0.39 is 0 Å². The third-order valence-corrected chi connectivity index (χ3v) is 11.4. The summed E-state index contributed by atoms with van der Waals surface area (Å²) in [7, 11) is 0. The summed E-state index contributed by atoms with van der Waals surface area (Å²) in [4.78, 5) is 15.4. The zero-order valence-electron chi connectivity index (χ0n) is 29.8. The van der Waals surface area contributed by atoms with Gasteiger partial charge in [-0.05, 0) is 50.6 Å². The second kappa shape index (κ2) is 14.1. The number of aromatic nitrogens is 3. The standard InChI is InChI=1S/C51H33N3S/c1-3-12-34(13-4-1)36-22-26-38(27-23-36)42-16-7-8-18-46(42)51-53-49(40-30-24-37(25-31-40)35-14-5-2-6-15-35)52-50(54-51)41-32-28-39(29-33-41)43-19-11-20-45-44-17-9-10-21-47(44)55-48(43)45/h1-33H. The van der Waals surface area contributed by atoms with Crippen LogP contribution in [0.2, 0.25) is 0 Å². The molecule has 0 bridgehead atoms. The van der Waals surface area contributed by atoms with Gasteiger partial charge in [0.15, 0.2) is 17.5 Å². The number of nitrogens with zero attached hydrogens (tertiary/aromatic N) is 3. The average molecular weight is 720 g/mol. The normalized spacial score (nSPS) is 11.3. The highest BCUT2D eigenvalue weighted by atomic mass is 32.1. The molecule has 10 aromatic rings. The zero-order chi connectivity index (χ0) is 36.6. The van der Waals surface area contributed by atoms with E-state index in [9.17, 15) is 0 Å². The van der Waals surface area contributed by atoms with Gasteiger partial charge in [0.2, 0.25) is 0 Å². The molecular formula is C51H33N3S. The molecule has 3 nitrogen and oxygen atoms in total. The highest BCUT2D eigenvalue weighted by Gasteiger charge is 2.17. The van der Waals surface area contributed by atoms with Crippen LogP contribution in [-0.2, 0) is 0 Å². The highest BCUT2D eigenvalue weighted by Crippen LogP contribution is 2.40. The van der Waals surface area contributed by atoms with Crippen molar-refractivity contribution in [3.63, 3.8) is 0 Å². The lowest BCUT2D eigenvalue weighted by atomic mass is 9.96. The van der Waals surface area contributed by atoms with Gasteiger partial charge in [0.05, 0.1) is 0 Å². The van der Waals surface area contributed by atoms with Gasteiger partial charge in [-0.15, -0.1) is 11.3 Å². The van der Waals surface area contributed by atoms with Crippen LogP contribution in [0.4, 0.5) is 0 Å². The van der Waals surface area contributed by atoms with Crippen molar-refractivity contribution in [2.45, 2.75) is 0 Å². The quantitative estimate of drug-likeness (QED) is 0.165. The van der Waals surface area contributed by atoms with Gasteiger partial charge in [0.25, 0.3) is 0 Å². The number of thiophene rings is 1. The Bertz CT molecular complexity index is 2930. The SMILES string of the molecule is c1ccc(-c2ccc(-c3nc(-c4ccc(-c5cccc6c5sc5ccccc56)cc4)nc(-c4ccccc4-c4ccc(-c5ccccc5)cc4)n3)cc2)cc1. The van der Waals surface area contributed by atoms with E-state index in [1.165, 1.54) is 42.4 Å². The predicted molar refractivity (Wildman–Crippen MR) is 231 cm³/mol. The molecule has 0 aliphatic carbocycles. The van der Waals surface area contributed by atoms with Crippen molar-refractivity contribution in [1.82, 2.24) is 15.0 Å². The second-order valence-corrected chi connectivity index (χ2v) is 14.6. The van der Waals surface area contributed by atoms with Crippen LogP contribution in [0.15, 0.2) is 200 Å². The third-order valence-electron chi connectivity index (χ3n) is 10.2. The van der Waals surface area contributed by atoms with Gasteiger partial charge in [-0.2, -0.15) is 0 Å². The summed E-state index contributed by atoms with van der Waals surface area (Å²) < 4.78 is 2.60. The fourth-order valence-electron chi connectivity index (χ4n) is 7.37. The molecular weight excluding hydrogens is 687 g/mol. The molecule has 0 aliphatic heterocycles. The van der Waals surface area contributed by atoms with Crippen molar-refractivity contribution in [2.24, 2.45) is 0 Å². The molecule has 4 heteroatoms. The Morgan fingerprint density at radius 1 is 0.255 bits per heavy atom. The van der Waals surface area contributed by atoms with Gasteiger partial charge in [0, 0.05) is 36.9 Å². The van der Waals surface area contributed by atoms with Gasteiger partial charge in [-0.25, -0.2) is 15.0 Å². The number of hydrogen-bond donors (Lipinski definition) is 0. The largest absolute Gasteiger partial charge is 0.208 e. The summed E-state index contributed by atoms with van der Waals surface area (Å²) >= 11 is 1.85. The first-order valence-electron chi connectivity index (χ1n) is 18.4. The Morgan fingerprint density at radius 2 is 0.655 bits per heavy atom. The minimum absolute atomic E-state index is 0.632. The monoisotopic (exact) mass is 719 g/mol. The fraction of sp³-hybridized carbons (Fsp3) is 0. The van der Waals surface area contributed by atoms with Crippen molar-refractivity contribution in [2.75, 3.05) is 0 Å². The molecule has 8 aromatic carbocycles. The molecule has 0 unspecified atom stereocenters. The van der Waals surface area contributed by atoms with Crippen LogP contribution in [0, 0.1) is 0 Å². The first-order chi connectivity index (χ1) is 27.2. The van der Waals surface area contributed by atoms with Gasteiger partial charge in [-0.3, -0.25) is 0 Å². The van der Waals surface area contributed by atoms with Crippen LogP contribution in [0.5, 0.6) is 0 Å². The van der Waals surface area contributed by atoms with E-state index in [1.807, 2.05) is 23.5 Å². The lowest BCUT2D eigenvalue weighted by Gasteiger charge is -2.13. The Labute approximate surface area is 323 Å². The maximum Gasteiger partial charge on any atom is 0.164 e. The summed E-state index contributed by atoms with van der Waals surface area (Å²) in [5.74, 6) is 1.90. The molecule has 0 spiro atoms. The molecule has 0 saturated carbocycles. The molecule has 2 aromatic heterocycles. The lowest BCUT2D eigenvalue weighted by molar-refractivity contribution is 1.07. The van der Waals surface area contributed by atoms with E-state index in [2.05, 4.69) is 188 Å². The fourth-order valence-corrected chi connectivity index (χ4v) is 8.61. The molecule has 10 rings (SSSR count). The summed E-state index contributed by atoms with van der Waals surface area (Å²) in [5, 5.41) is 2.59. The first kappa shape index (κ1) is 32.6. The predicted octanol–water partition coefficient (Wildman–Crippen LogP) is 13.9. The third kappa shape index (κ3) is 6.29. The van der Waals surface area contributed by atoms with Gasteiger partial charge in [-0.1, -0.05) is 194 Å². The van der Waals surface area contributed by atoms with Crippen molar-refractivity contribution in [3.05, 3.63) is 200 Å². The maximum atomic E-state index is 5.18. The van der Waals surface area contributed by atoms with Crippen LogP contribution in [-0.4, -0.2) is 15.0 Å². The molecule has 258 valence electrons. The van der Waals surface area contributed by atoms with Crippen molar-refractivity contribution in [3.8, 4) is 78.7 Å². The Balaban J connectivity index is 1.07. The Hall–Kier alpha value is -7.01. The summed E-state index contributed by atoms with van der Waals surface area (Å²) in [6.45, 7) is 0. The number of fused-ring (bicyclic) bond motifs is 3. The van der Waals surface area contributed by atoms with E-state index in [0.29, 0.717) is 17.5 Å². The van der Waals surface area contributed by atoms with Crippen LogP contribution < -0.4 is 0 Å². The lowest BCUT2D eigenvalue weighted by Crippen LogP contribution is -2.01. The minimum atomic E-state index is 0.632. The number of hydrogen-bond acceptors (Lipinski definition) is 4. The van der Waals surface area contributed by atoms with Crippen molar-refractivity contribution in [1.29, 1.82) is 0 Å². The molecule has 0 aliphatic rings. The summed E-state index contributed by atoms with van der Waals surface area (Å²) in [6, 6.07) is 70.4. The van der Waals surface area contributed by atoms with Crippen molar-refractivity contribution >= 4 is 31.5 Å². The smallest absolute Gasteiger partial charge is 0.164 e. The van der Waals surface area contributed by atoms with Crippen molar-refractivity contribution < 1.29 is 0 Å². The Kier molecular flexibility index (Phi) is 8.36. The second-order valence-electron chi connectivity index (χ2n) is 13.6. The maximum absolute atomic E-state index is 5.18. The molecule has 0 N–H and O–H groups in total. The van der Waals surface area contributed by atoms with E-state index in [-0.39, 0.29) is 0 Å². The molecule has 0 saturated heterocycles. The summed E-state index contributed by atoms with van der Waals surface area (Å²) in [5.41, 5.74) is 12.1.